The van der Waals surface area contributed by atoms with E-state index in [0.717, 1.165) is 5.56 Å². The molecule has 4 nitrogen and oxygen atoms in total. The molecule has 1 aliphatic heterocycles. The lowest BCUT2D eigenvalue weighted by molar-refractivity contribution is -0.174. The zero-order valence-electron chi connectivity index (χ0n) is 13.7. The Bertz CT molecular complexity index is 571. The van der Waals surface area contributed by atoms with Crippen LogP contribution in [0.3, 0.4) is 0 Å². The molecule has 1 heterocycles. The fourth-order valence-electron chi connectivity index (χ4n) is 2.86. The SMILES string of the molecule is O=C(CCOCC(F)(F)F)NCC1(c2cccc(F)c2)CCOCC1. The van der Waals surface area contributed by atoms with Crippen molar-refractivity contribution in [3.63, 3.8) is 0 Å². The first-order chi connectivity index (χ1) is 11.8. The summed E-state index contributed by atoms with van der Waals surface area (Å²) in [7, 11) is 0. The van der Waals surface area contributed by atoms with Gasteiger partial charge in [0.05, 0.1) is 6.61 Å². The first-order valence-electron chi connectivity index (χ1n) is 8.06. The predicted octanol–water partition coefficient (Wildman–Crippen LogP) is 2.96. The second-order valence-electron chi connectivity index (χ2n) is 6.10. The van der Waals surface area contributed by atoms with Gasteiger partial charge < -0.3 is 14.8 Å². The zero-order valence-corrected chi connectivity index (χ0v) is 13.7. The maximum absolute atomic E-state index is 13.6. The molecule has 2 rings (SSSR count). The van der Waals surface area contributed by atoms with Gasteiger partial charge in [0.2, 0.25) is 5.91 Å². The molecular weight excluding hydrogens is 342 g/mol. The van der Waals surface area contributed by atoms with E-state index in [-0.39, 0.29) is 25.4 Å². The topological polar surface area (TPSA) is 47.6 Å². The highest BCUT2D eigenvalue weighted by Crippen LogP contribution is 2.34. The van der Waals surface area contributed by atoms with Crippen LogP contribution in [0, 0.1) is 5.82 Å². The monoisotopic (exact) mass is 363 g/mol. The molecule has 0 aliphatic carbocycles. The van der Waals surface area contributed by atoms with E-state index in [1.807, 2.05) is 6.07 Å². The van der Waals surface area contributed by atoms with Crippen LogP contribution in [0.2, 0.25) is 0 Å². The van der Waals surface area contributed by atoms with Gasteiger partial charge in [-0.15, -0.1) is 0 Å². The molecular formula is C17H21F4NO3. The van der Waals surface area contributed by atoms with Gasteiger partial charge in [-0.1, -0.05) is 12.1 Å². The van der Waals surface area contributed by atoms with Crippen LogP contribution in [-0.4, -0.2) is 45.1 Å². The van der Waals surface area contributed by atoms with Crippen LogP contribution in [-0.2, 0) is 19.7 Å². The van der Waals surface area contributed by atoms with Crippen molar-refractivity contribution in [2.24, 2.45) is 0 Å². The minimum atomic E-state index is -4.40. The Balaban J connectivity index is 1.89. The summed E-state index contributed by atoms with van der Waals surface area (Å²) in [4.78, 5) is 11.9. The van der Waals surface area contributed by atoms with Crippen LogP contribution in [0.5, 0.6) is 0 Å². The molecule has 0 unspecified atom stereocenters. The summed E-state index contributed by atoms with van der Waals surface area (Å²) >= 11 is 0. The van der Waals surface area contributed by atoms with E-state index >= 15 is 0 Å². The van der Waals surface area contributed by atoms with E-state index in [0.29, 0.717) is 26.1 Å². The summed E-state index contributed by atoms with van der Waals surface area (Å²) in [5.74, 6) is -0.750. The van der Waals surface area contributed by atoms with E-state index in [9.17, 15) is 22.4 Å². The van der Waals surface area contributed by atoms with E-state index in [1.54, 1.807) is 6.07 Å². The summed E-state index contributed by atoms with van der Waals surface area (Å²) in [5.41, 5.74) is 0.340. The van der Waals surface area contributed by atoms with Gasteiger partial charge in [-0.2, -0.15) is 13.2 Å². The van der Waals surface area contributed by atoms with E-state index in [1.165, 1.54) is 12.1 Å². The third kappa shape index (κ3) is 6.28. The number of benzene rings is 1. The fraction of sp³-hybridized carbons (Fsp3) is 0.588. The molecule has 0 saturated carbocycles. The molecule has 1 fully saturated rings. The van der Waals surface area contributed by atoms with Gasteiger partial charge in [0.25, 0.3) is 0 Å². The number of alkyl halides is 3. The molecule has 1 saturated heterocycles. The summed E-state index contributed by atoms with van der Waals surface area (Å²) in [6, 6.07) is 6.23. The largest absolute Gasteiger partial charge is 0.411 e. The summed E-state index contributed by atoms with van der Waals surface area (Å²) < 4.78 is 59.3. The van der Waals surface area contributed by atoms with Crippen molar-refractivity contribution in [3.05, 3.63) is 35.6 Å². The zero-order chi connectivity index (χ0) is 18.3. The minimum absolute atomic E-state index is 0.161. The van der Waals surface area contributed by atoms with Gasteiger partial charge in [0.1, 0.15) is 12.4 Å². The number of amides is 1. The van der Waals surface area contributed by atoms with Gasteiger partial charge in [-0.25, -0.2) is 4.39 Å². The summed E-state index contributed by atoms with van der Waals surface area (Å²) in [6.45, 7) is -0.396. The third-order valence-electron chi connectivity index (χ3n) is 4.25. The van der Waals surface area contributed by atoms with E-state index in [4.69, 9.17) is 4.74 Å². The molecule has 1 aromatic carbocycles. The van der Waals surface area contributed by atoms with Crippen LogP contribution < -0.4 is 5.32 Å². The quantitative estimate of drug-likeness (QED) is 0.599. The number of hydrogen-bond acceptors (Lipinski definition) is 3. The molecule has 0 radical (unpaired) electrons. The molecule has 1 aliphatic rings. The first kappa shape index (κ1) is 19.7. The average Bonchev–Trinajstić information content (AvgIpc) is 2.57. The van der Waals surface area contributed by atoms with Gasteiger partial charge in [0.15, 0.2) is 0 Å². The molecule has 0 aromatic heterocycles. The highest BCUT2D eigenvalue weighted by atomic mass is 19.4. The van der Waals surface area contributed by atoms with Crippen LogP contribution >= 0.6 is 0 Å². The minimum Gasteiger partial charge on any atom is -0.381 e. The Morgan fingerprint density at radius 2 is 2.00 bits per heavy atom. The van der Waals surface area contributed by atoms with Crippen molar-refractivity contribution in [3.8, 4) is 0 Å². The van der Waals surface area contributed by atoms with Crippen LogP contribution in [0.15, 0.2) is 24.3 Å². The maximum Gasteiger partial charge on any atom is 0.411 e. The molecule has 25 heavy (non-hydrogen) atoms. The summed E-state index contributed by atoms with van der Waals surface area (Å²) in [5, 5.41) is 2.73. The molecule has 8 heteroatoms. The van der Waals surface area contributed by atoms with Gasteiger partial charge >= 0.3 is 6.18 Å². The molecule has 1 aromatic rings. The first-order valence-corrected chi connectivity index (χ1v) is 8.06. The van der Waals surface area contributed by atoms with Crippen molar-refractivity contribution in [1.29, 1.82) is 0 Å². The summed E-state index contributed by atoms with van der Waals surface area (Å²) in [6.07, 6.45) is -3.31. The molecule has 1 amide bonds. The smallest absolute Gasteiger partial charge is 0.381 e. The van der Waals surface area contributed by atoms with E-state index in [2.05, 4.69) is 10.1 Å². The van der Waals surface area contributed by atoms with Crippen molar-refractivity contribution >= 4 is 5.91 Å². The van der Waals surface area contributed by atoms with Crippen LogP contribution in [0.25, 0.3) is 0 Å². The van der Waals surface area contributed by atoms with Gasteiger partial charge in [0, 0.05) is 31.6 Å². The van der Waals surface area contributed by atoms with Crippen molar-refractivity contribution in [1.82, 2.24) is 5.32 Å². The number of carbonyl (C=O) groups is 1. The highest BCUT2D eigenvalue weighted by Gasteiger charge is 2.35. The maximum atomic E-state index is 13.6. The Morgan fingerprint density at radius 1 is 1.28 bits per heavy atom. The average molecular weight is 363 g/mol. The third-order valence-corrected chi connectivity index (χ3v) is 4.25. The number of nitrogens with one attached hydrogen (secondary N) is 1. The van der Waals surface area contributed by atoms with Crippen molar-refractivity contribution < 1.29 is 31.8 Å². The second kappa shape index (κ2) is 8.62. The van der Waals surface area contributed by atoms with E-state index < -0.39 is 24.1 Å². The van der Waals surface area contributed by atoms with Gasteiger partial charge in [-0.3, -0.25) is 4.79 Å². The number of carbonyl (C=O) groups excluding carboxylic acids is 1. The highest BCUT2D eigenvalue weighted by molar-refractivity contribution is 5.76. The Labute approximate surface area is 143 Å². The number of ether oxygens (including phenoxy) is 2. The number of halogens is 4. The molecule has 140 valence electrons. The second-order valence-corrected chi connectivity index (χ2v) is 6.10. The lowest BCUT2D eigenvalue weighted by Crippen LogP contribution is -2.44. The normalized spacial score (nSPS) is 17.3. The number of hydrogen-bond donors (Lipinski definition) is 1. The Kier molecular flexibility index (Phi) is 6.78. The standard InChI is InChI=1S/C17H21F4NO3/c18-14-3-1-2-13(10-14)16(5-8-24-9-6-16)11-22-15(23)4-7-25-12-17(19,20)21/h1-3,10H,4-9,11-12H2,(H,22,23). The molecule has 0 bridgehead atoms. The Morgan fingerprint density at radius 3 is 2.64 bits per heavy atom. The number of rotatable bonds is 7. The Hall–Kier alpha value is -1.67. The fourth-order valence-corrected chi connectivity index (χ4v) is 2.86. The molecule has 1 N–H and O–H groups in total. The lowest BCUT2D eigenvalue weighted by atomic mass is 9.74. The predicted molar refractivity (Wildman–Crippen MR) is 82.6 cm³/mol. The molecule has 0 atom stereocenters. The van der Waals surface area contributed by atoms with Gasteiger partial charge in [-0.05, 0) is 30.5 Å². The van der Waals surface area contributed by atoms with Crippen molar-refractivity contribution in [2.45, 2.75) is 30.9 Å². The lowest BCUT2D eigenvalue weighted by Gasteiger charge is -2.38. The molecule has 0 spiro atoms. The van der Waals surface area contributed by atoms with Crippen LogP contribution in [0.4, 0.5) is 17.6 Å². The van der Waals surface area contributed by atoms with Crippen LogP contribution in [0.1, 0.15) is 24.8 Å². The van der Waals surface area contributed by atoms with Crippen molar-refractivity contribution in [2.75, 3.05) is 33.0 Å².